The largest absolute Gasteiger partial charge is 0.324 e. The van der Waals surface area contributed by atoms with E-state index >= 15 is 0 Å². The standard InChI is InChI=1S/C13H9BrN2O2S2/c14-11-4-3-10(20-11)13(18)15-7-1-2-9-8(5-7)16-12(17)6-19-9/h1-5H,6H2,(H,15,18)(H,16,17). The Bertz CT molecular complexity index is 699. The van der Waals surface area contributed by atoms with Gasteiger partial charge in [-0.15, -0.1) is 23.1 Å². The summed E-state index contributed by atoms with van der Waals surface area (Å²) in [5.74, 6) is 0.255. The second kappa shape index (κ2) is 5.59. The monoisotopic (exact) mass is 368 g/mol. The first-order valence-electron chi connectivity index (χ1n) is 5.75. The van der Waals surface area contributed by atoms with Crippen molar-refractivity contribution in [2.24, 2.45) is 0 Å². The van der Waals surface area contributed by atoms with E-state index in [1.165, 1.54) is 23.1 Å². The molecular weight excluding hydrogens is 360 g/mol. The maximum atomic E-state index is 12.0. The fraction of sp³-hybridized carbons (Fsp3) is 0.0769. The van der Waals surface area contributed by atoms with Crippen molar-refractivity contribution in [3.8, 4) is 0 Å². The van der Waals surface area contributed by atoms with E-state index in [-0.39, 0.29) is 11.8 Å². The fourth-order valence-corrected chi connectivity index (χ4v) is 3.86. The molecular formula is C13H9BrN2O2S2. The van der Waals surface area contributed by atoms with Gasteiger partial charge >= 0.3 is 0 Å². The lowest BCUT2D eigenvalue weighted by Gasteiger charge is -2.17. The Morgan fingerprint density at radius 3 is 2.90 bits per heavy atom. The molecule has 2 aromatic rings. The third kappa shape index (κ3) is 2.89. The average Bonchev–Trinajstić information content (AvgIpc) is 2.85. The predicted molar refractivity (Wildman–Crippen MR) is 85.8 cm³/mol. The van der Waals surface area contributed by atoms with Crippen LogP contribution in [0.3, 0.4) is 0 Å². The topological polar surface area (TPSA) is 58.2 Å². The first-order valence-corrected chi connectivity index (χ1v) is 8.35. The van der Waals surface area contributed by atoms with E-state index in [9.17, 15) is 9.59 Å². The van der Waals surface area contributed by atoms with Crippen LogP contribution in [0.15, 0.2) is 39.0 Å². The minimum atomic E-state index is -0.157. The van der Waals surface area contributed by atoms with Crippen molar-refractivity contribution in [2.45, 2.75) is 4.90 Å². The molecule has 0 aliphatic carbocycles. The van der Waals surface area contributed by atoms with Crippen LogP contribution in [0.5, 0.6) is 0 Å². The molecule has 0 fully saturated rings. The first-order chi connectivity index (χ1) is 9.61. The van der Waals surface area contributed by atoms with Gasteiger partial charge in [-0.3, -0.25) is 9.59 Å². The van der Waals surface area contributed by atoms with Gasteiger partial charge < -0.3 is 10.6 Å². The molecule has 1 aromatic heterocycles. The predicted octanol–water partition coefficient (Wildman–Crippen LogP) is 3.81. The van der Waals surface area contributed by atoms with Gasteiger partial charge in [0.1, 0.15) is 0 Å². The Morgan fingerprint density at radius 1 is 1.30 bits per heavy atom. The minimum absolute atomic E-state index is 0.0202. The van der Waals surface area contributed by atoms with E-state index in [1.54, 1.807) is 12.1 Å². The summed E-state index contributed by atoms with van der Waals surface area (Å²) in [5, 5.41) is 5.63. The molecule has 20 heavy (non-hydrogen) atoms. The number of halogens is 1. The third-order valence-corrected chi connectivity index (χ3v) is 5.36. The van der Waals surface area contributed by atoms with E-state index in [1.807, 2.05) is 18.2 Å². The summed E-state index contributed by atoms with van der Waals surface area (Å²) in [7, 11) is 0. The molecule has 0 unspecified atom stereocenters. The van der Waals surface area contributed by atoms with Crippen LogP contribution >= 0.6 is 39.0 Å². The van der Waals surface area contributed by atoms with Crippen molar-refractivity contribution in [3.63, 3.8) is 0 Å². The van der Waals surface area contributed by atoms with Gasteiger partial charge in [0.25, 0.3) is 5.91 Å². The molecule has 0 saturated heterocycles. The van der Waals surface area contributed by atoms with E-state index < -0.39 is 0 Å². The number of fused-ring (bicyclic) bond motifs is 1. The molecule has 7 heteroatoms. The lowest BCUT2D eigenvalue weighted by molar-refractivity contribution is -0.113. The first kappa shape index (κ1) is 13.7. The van der Waals surface area contributed by atoms with E-state index in [2.05, 4.69) is 26.6 Å². The molecule has 1 aliphatic heterocycles. The zero-order valence-electron chi connectivity index (χ0n) is 10.1. The second-order valence-electron chi connectivity index (χ2n) is 4.11. The summed E-state index contributed by atoms with van der Waals surface area (Å²) in [5.41, 5.74) is 1.41. The van der Waals surface area contributed by atoms with Crippen LogP contribution in [0.4, 0.5) is 11.4 Å². The highest BCUT2D eigenvalue weighted by Gasteiger charge is 2.16. The number of hydrogen-bond acceptors (Lipinski definition) is 4. The lowest BCUT2D eigenvalue weighted by Crippen LogP contribution is -2.19. The van der Waals surface area contributed by atoms with Crippen LogP contribution in [-0.4, -0.2) is 17.6 Å². The Kier molecular flexibility index (Phi) is 3.82. The lowest BCUT2D eigenvalue weighted by atomic mass is 10.2. The number of hydrogen-bond donors (Lipinski definition) is 2. The van der Waals surface area contributed by atoms with Crippen molar-refractivity contribution in [2.75, 3.05) is 16.4 Å². The summed E-state index contributed by atoms with van der Waals surface area (Å²) in [4.78, 5) is 25.1. The van der Waals surface area contributed by atoms with Crippen LogP contribution in [0.25, 0.3) is 0 Å². The van der Waals surface area contributed by atoms with Crippen molar-refractivity contribution < 1.29 is 9.59 Å². The number of carbonyl (C=O) groups excluding carboxylic acids is 2. The van der Waals surface area contributed by atoms with Crippen LogP contribution in [-0.2, 0) is 4.79 Å². The molecule has 2 heterocycles. The van der Waals surface area contributed by atoms with Gasteiger partial charge in [0.15, 0.2) is 0 Å². The number of amides is 2. The minimum Gasteiger partial charge on any atom is -0.324 e. The molecule has 0 atom stereocenters. The second-order valence-corrected chi connectivity index (χ2v) is 7.59. The molecule has 1 aliphatic rings. The number of rotatable bonds is 2. The smallest absolute Gasteiger partial charge is 0.265 e. The molecule has 2 amide bonds. The molecule has 0 bridgehead atoms. The summed E-state index contributed by atoms with van der Waals surface area (Å²) >= 11 is 6.20. The zero-order chi connectivity index (χ0) is 14.1. The Morgan fingerprint density at radius 2 is 2.15 bits per heavy atom. The van der Waals surface area contributed by atoms with Gasteiger partial charge in [-0.05, 0) is 46.3 Å². The Hall–Kier alpha value is -1.31. The number of carbonyl (C=O) groups is 2. The maximum absolute atomic E-state index is 12.0. The quantitative estimate of drug-likeness (QED) is 0.847. The molecule has 4 nitrogen and oxygen atoms in total. The fourth-order valence-electron chi connectivity index (χ4n) is 1.79. The molecule has 2 N–H and O–H groups in total. The highest BCUT2D eigenvalue weighted by molar-refractivity contribution is 9.11. The van der Waals surface area contributed by atoms with E-state index in [4.69, 9.17) is 0 Å². The van der Waals surface area contributed by atoms with Crippen LogP contribution < -0.4 is 10.6 Å². The van der Waals surface area contributed by atoms with E-state index in [0.717, 1.165) is 14.4 Å². The summed E-state index contributed by atoms with van der Waals surface area (Å²) in [6, 6.07) is 9.12. The van der Waals surface area contributed by atoms with Gasteiger partial charge in [-0.2, -0.15) is 0 Å². The van der Waals surface area contributed by atoms with Crippen LogP contribution in [0.1, 0.15) is 9.67 Å². The normalized spacial score (nSPS) is 13.6. The van der Waals surface area contributed by atoms with Crippen LogP contribution in [0.2, 0.25) is 0 Å². The van der Waals surface area contributed by atoms with Crippen LogP contribution in [0, 0.1) is 0 Å². The summed E-state index contributed by atoms with van der Waals surface area (Å²) in [6.45, 7) is 0. The number of benzene rings is 1. The van der Waals surface area contributed by atoms with E-state index in [0.29, 0.717) is 16.3 Å². The van der Waals surface area contributed by atoms with Crippen molar-refractivity contribution >= 4 is 62.2 Å². The Labute approximate surface area is 132 Å². The van der Waals surface area contributed by atoms with Crippen molar-refractivity contribution in [3.05, 3.63) is 39.0 Å². The molecule has 0 spiro atoms. The number of thiophene rings is 1. The molecule has 0 saturated carbocycles. The van der Waals surface area contributed by atoms with Gasteiger partial charge in [0, 0.05) is 10.6 Å². The number of nitrogens with one attached hydrogen (secondary N) is 2. The SMILES string of the molecule is O=C1CSc2ccc(NC(=O)c3ccc(Br)s3)cc2N1. The maximum Gasteiger partial charge on any atom is 0.265 e. The van der Waals surface area contributed by atoms with Gasteiger partial charge in [-0.1, -0.05) is 0 Å². The zero-order valence-corrected chi connectivity index (χ0v) is 13.3. The summed E-state index contributed by atoms with van der Waals surface area (Å²) in [6.07, 6.45) is 0. The van der Waals surface area contributed by atoms with Gasteiger partial charge in [0.05, 0.1) is 20.1 Å². The molecule has 0 radical (unpaired) electrons. The number of anilines is 2. The van der Waals surface area contributed by atoms with Crippen molar-refractivity contribution in [1.82, 2.24) is 0 Å². The third-order valence-electron chi connectivity index (χ3n) is 2.67. The van der Waals surface area contributed by atoms with Crippen molar-refractivity contribution in [1.29, 1.82) is 0 Å². The molecule has 102 valence electrons. The van der Waals surface area contributed by atoms with Gasteiger partial charge in [-0.25, -0.2) is 0 Å². The van der Waals surface area contributed by atoms with Gasteiger partial charge in [0.2, 0.25) is 5.91 Å². The number of thioether (sulfide) groups is 1. The highest BCUT2D eigenvalue weighted by atomic mass is 79.9. The molecule has 3 rings (SSSR count). The highest BCUT2D eigenvalue weighted by Crippen LogP contribution is 2.33. The Balaban J connectivity index is 1.80. The summed E-state index contributed by atoms with van der Waals surface area (Å²) < 4.78 is 0.914. The molecule has 1 aromatic carbocycles. The average molecular weight is 369 g/mol.